The van der Waals surface area contributed by atoms with Crippen molar-refractivity contribution in [1.82, 2.24) is 10.6 Å². The van der Waals surface area contributed by atoms with Crippen LogP contribution in [-0.4, -0.2) is 44.8 Å². The van der Waals surface area contributed by atoms with Crippen LogP contribution in [0.4, 0.5) is 0 Å². The zero-order valence-corrected chi connectivity index (χ0v) is 12.7. The molecule has 1 fully saturated rings. The molecule has 1 aliphatic rings. The SMILES string of the molecule is COC(=O)CC(NC(=O)CC1COCCN1)c1ccccc1. The van der Waals surface area contributed by atoms with E-state index in [4.69, 9.17) is 9.47 Å². The highest BCUT2D eigenvalue weighted by Gasteiger charge is 2.22. The molecule has 0 bridgehead atoms. The van der Waals surface area contributed by atoms with Crippen molar-refractivity contribution in [1.29, 1.82) is 0 Å². The maximum atomic E-state index is 12.2. The molecule has 2 atom stereocenters. The lowest BCUT2D eigenvalue weighted by Gasteiger charge is -2.24. The Morgan fingerprint density at radius 1 is 1.41 bits per heavy atom. The molecule has 2 N–H and O–H groups in total. The van der Waals surface area contributed by atoms with Crippen LogP contribution in [0.1, 0.15) is 24.4 Å². The Hall–Kier alpha value is -1.92. The summed E-state index contributed by atoms with van der Waals surface area (Å²) < 4.78 is 10.0. The number of hydrogen-bond acceptors (Lipinski definition) is 5. The Balaban J connectivity index is 1.96. The highest BCUT2D eigenvalue weighted by molar-refractivity contribution is 5.78. The summed E-state index contributed by atoms with van der Waals surface area (Å²) in [5.74, 6) is -0.464. The van der Waals surface area contributed by atoms with Gasteiger partial charge in [0.15, 0.2) is 0 Å². The van der Waals surface area contributed by atoms with Crippen LogP contribution in [0.15, 0.2) is 30.3 Å². The molecule has 0 aliphatic carbocycles. The van der Waals surface area contributed by atoms with Gasteiger partial charge in [0.25, 0.3) is 0 Å². The molecule has 6 nitrogen and oxygen atoms in total. The maximum Gasteiger partial charge on any atom is 0.307 e. The zero-order chi connectivity index (χ0) is 15.8. The Kier molecular flexibility index (Phi) is 6.36. The van der Waals surface area contributed by atoms with Crippen LogP contribution in [0.5, 0.6) is 0 Å². The third-order valence-corrected chi connectivity index (χ3v) is 3.57. The van der Waals surface area contributed by atoms with Gasteiger partial charge in [-0.2, -0.15) is 0 Å². The highest BCUT2D eigenvalue weighted by Crippen LogP contribution is 2.17. The fourth-order valence-electron chi connectivity index (χ4n) is 2.42. The van der Waals surface area contributed by atoms with Crippen LogP contribution < -0.4 is 10.6 Å². The molecule has 1 amide bonds. The van der Waals surface area contributed by atoms with Gasteiger partial charge in [0.05, 0.1) is 32.8 Å². The van der Waals surface area contributed by atoms with Crippen molar-refractivity contribution >= 4 is 11.9 Å². The third-order valence-electron chi connectivity index (χ3n) is 3.57. The van der Waals surface area contributed by atoms with E-state index in [1.54, 1.807) is 0 Å². The van der Waals surface area contributed by atoms with E-state index in [2.05, 4.69) is 10.6 Å². The molecule has 1 saturated heterocycles. The normalized spacial score (nSPS) is 19.2. The van der Waals surface area contributed by atoms with Crippen molar-refractivity contribution < 1.29 is 19.1 Å². The van der Waals surface area contributed by atoms with Gasteiger partial charge in [-0.05, 0) is 5.56 Å². The Morgan fingerprint density at radius 3 is 2.82 bits per heavy atom. The average Bonchev–Trinajstić information content (AvgIpc) is 2.55. The second-order valence-electron chi connectivity index (χ2n) is 5.24. The maximum absolute atomic E-state index is 12.2. The molecule has 1 aromatic rings. The molecule has 22 heavy (non-hydrogen) atoms. The van der Waals surface area contributed by atoms with Gasteiger partial charge in [-0.15, -0.1) is 0 Å². The first-order valence-electron chi connectivity index (χ1n) is 7.41. The van der Waals surface area contributed by atoms with Gasteiger partial charge in [0.1, 0.15) is 0 Å². The number of nitrogens with one attached hydrogen (secondary N) is 2. The molecule has 2 rings (SSSR count). The number of rotatable bonds is 6. The summed E-state index contributed by atoms with van der Waals surface area (Å²) in [7, 11) is 1.34. The first-order valence-corrected chi connectivity index (χ1v) is 7.41. The average molecular weight is 306 g/mol. The molecular formula is C16H22N2O4. The summed E-state index contributed by atoms with van der Waals surface area (Å²) in [6, 6.07) is 9.05. The Bertz CT molecular complexity index is 486. The Labute approximate surface area is 130 Å². The molecule has 2 unspecified atom stereocenters. The smallest absolute Gasteiger partial charge is 0.307 e. The van der Waals surface area contributed by atoms with E-state index in [1.165, 1.54) is 7.11 Å². The van der Waals surface area contributed by atoms with Crippen LogP contribution in [-0.2, 0) is 19.1 Å². The lowest BCUT2D eigenvalue weighted by atomic mass is 10.0. The number of carbonyl (C=O) groups excluding carboxylic acids is 2. The monoisotopic (exact) mass is 306 g/mol. The van der Waals surface area contributed by atoms with Crippen molar-refractivity contribution in [2.24, 2.45) is 0 Å². The lowest BCUT2D eigenvalue weighted by Crippen LogP contribution is -2.44. The summed E-state index contributed by atoms with van der Waals surface area (Å²) in [4.78, 5) is 23.8. The third kappa shape index (κ3) is 5.13. The molecule has 1 aliphatic heterocycles. The first kappa shape index (κ1) is 16.5. The summed E-state index contributed by atoms with van der Waals surface area (Å²) in [5.41, 5.74) is 0.883. The standard InChI is InChI=1S/C16H22N2O4/c1-21-16(20)10-14(12-5-3-2-4-6-12)18-15(19)9-13-11-22-8-7-17-13/h2-6,13-14,17H,7-11H2,1H3,(H,18,19). The van der Waals surface area contributed by atoms with E-state index in [-0.39, 0.29) is 30.4 Å². The predicted octanol–water partition coefficient (Wildman–Crippen LogP) is 0.786. The van der Waals surface area contributed by atoms with E-state index >= 15 is 0 Å². The topological polar surface area (TPSA) is 76.7 Å². The molecular weight excluding hydrogens is 284 g/mol. The van der Waals surface area contributed by atoms with Gasteiger partial charge in [-0.1, -0.05) is 30.3 Å². The van der Waals surface area contributed by atoms with Gasteiger partial charge in [0, 0.05) is 19.0 Å². The van der Waals surface area contributed by atoms with Crippen molar-refractivity contribution in [2.45, 2.75) is 24.9 Å². The van der Waals surface area contributed by atoms with Gasteiger partial charge in [0.2, 0.25) is 5.91 Å². The van der Waals surface area contributed by atoms with Gasteiger partial charge >= 0.3 is 5.97 Å². The highest BCUT2D eigenvalue weighted by atomic mass is 16.5. The number of esters is 1. The molecule has 1 heterocycles. The Morgan fingerprint density at radius 2 is 2.18 bits per heavy atom. The van der Waals surface area contributed by atoms with Crippen LogP contribution in [0.3, 0.4) is 0 Å². The summed E-state index contributed by atoms with van der Waals surface area (Å²) in [6.45, 7) is 1.95. The molecule has 0 saturated carbocycles. The minimum Gasteiger partial charge on any atom is -0.469 e. The van der Waals surface area contributed by atoms with Crippen molar-refractivity contribution in [3.63, 3.8) is 0 Å². The van der Waals surface area contributed by atoms with Gasteiger partial charge < -0.3 is 20.1 Å². The van der Waals surface area contributed by atoms with E-state index < -0.39 is 0 Å². The number of morpholine rings is 1. The molecule has 0 spiro atoms. The molecule has 0 aromatic heterocycles. The van der Waals surface area contributed by atoms with E-state index in [0.29, 0.717) is 19.6 Å². The summed E-state index contributed by atoms with van der Waals surface area (Å²) in [5, 5.41) is 6.15. The number of ether oxygens (including phenoxy) is 2. The van der Waals surface area contributed by atoms with Crippen molar-refractivity contribution in [3.8, 4) is 0 Å². The lowest BCUT2D eigenvalue weighted by molar-refractivity contribution is -0.141. The summed E-state index contributed by atoms with van der Waals surface area (Å²) >= 11 is 0. The second-order valence-corrected chi connectivity index (χ2v) is 5.24. The van der Waals surface area contributed by atoms with Crippen molar-refractivity contribution in [3.05, 3.63) is 35.9 Å². The summed E-state index contributed by atoms with van der Waals surface area (Å²) in [6.07, 6.45) is 0.436. The molecule has 120 valence electrons. The zero-order valence-electron chi connectivity index (χ0n) is 12.7. The fourth-order valence-corrected chi connectivity index (χ4v) is 2.42. The van der Waals surface area contributed by atoms with Crippen LogP contribution in [0.2, 0.25) is 0 Å². The van der Waals surface area contributed by atoms with Gasteiger partial charge in [-0.3, -0.25) is 9.59 Å². The number of hydrogen-bond donors (Lipinski definition) is 2. The van der Waals surface area contributed by atoms with Crippen molar-refractivity contribution in [2.75, 3.05) is 26.9 Å². The largest absolute Gasteiger partial charge is 0.469 e. The minimum absolute atomic E-state index is 0.0169. The number of amides is 1. The molecule has 0 radical (unpaired) electrons. The van der Waals surface area contributed by atoms with Crippen LogP contribution >= 0.6 is 0 Å². The first-order chi connectivity index (χ1) is 10.7. The molecule has 1 aromatic carbocycles. The predicted molar refractivity (Wildman–Crippen MR) is 81.2 cm³/mol. The van der Waals surface area contributed by atoms with Crippen LogP contribution in [0, 0.1) is 0 Å². The number of benzene rings is 1. The number of methoxy groups -OCH3 is 1. The van der Waals surface area contributed by atoms with Gasteiger partial charge in [-0.25, -0.2) is 0 Å². The van der Waals surface area contributed by atoms with E-state index in [9.17, 15) is 9.59 Å². The fraction of sp³-hybridized carbons (Fsp3) is 0.500. The minimum atomic E-state index is -0.384. The quantitative estimate of drug-likeness (QED) is 0.760. The van der Waals surface area contributed by atoms with Crippen LogP contribution in [0.25, 0.3) is 0 Å². The van der Waals surface area contributed by atoms with E-state index in [0.717, 1.165) is 12.1 Å². The van der Waals surface area contributed by atoms with E-state index in [1.807, 2.05) is 30.3 Å². The molecule has 6 heteroatoms. The number of carbonyl (C=O) groups is 2. The second kappa shape index (κ2) is 8.51.